The number of carbonyl (C=O) groups is 2. The van der Waals surface area contributed by atoms with Gasteiger partial charge in [0.1, 0.15) is 0 Å². The molecule has 1 heterocycles. The molecule has 0 unspecified atom stereocenters. The number of benzene rings is 2. The van der Waals surface area contributed by atoms with Gasteiger partial charge in [-0.1, -0.05) is 19.1 Å². The van der Waals surface area contributed by atoms with Crippen molar-refractivity contribution < 1.29 is 18.0 Å². The van der Waals surface area contributed by atoms with E-state index < -0.39 is 9.84 Å². The highest BCUT2D eigenvalue weighted by Gasteiger charge is 2.31. The predicted molar refractivity (Wildman–Crippen MR) is 114 cm³/mol. The Kier molecular flexibility index (Phi) is 6.07. The van der Waals surface area contributed by atoms with Crippen LogP contribution in [-0.2, 0) is 25.8 Å². The highest BCUT2D eigenvalue weighted by Crippen LogP contribution is 2.34. The summed E-state index contributed by atoms with van der Waals surface area (Å²) in [4.78, 5) is 26.3. The Morgan fingerprint density at radius 3 is 2.62 bits per heavy atom. The second kappa shape index (κ2) is 8.37. The van der Waals surface area contributed by atoms with Gasteiger partial charge in [-0.2, -0.15) is 0 Å². The van der Waals surface area contributed by atoms with Gasteiger partial charge in [0.25, 0.3) is 0 Å². The zero-order valence-corrected chi connectivity index (χ0v) is 17.8. The summed E-state index contributed by atoms with van der Waals surface area (Å²) >= 11 is 0. The van der Waals surface area contributed by atoms with E-state index in [0.717, 1.165) is 16.8 Å². The van der Waals surface area contributed by atoms with Crippen LogP contribution >= 0.6 is 0 Å². The topological polar surface area (TPSA) is 83.6 Å². The number of rotatable bonds is 6. The van der Waals surface area contributed by atoms with Crippen LogP contribution in [-0.4, -0.2) is 32.0 Å². The molecule has 1 atom stereocenters. The average molecular weight is 415 g/mol. The van der Waals surface area contributed by atoms with Crippen LogP contribution in [0.15, 0.2) is 47.4 Å². The third-order valence-corrected chi connectivity index (χ3v) is 6.81. The summed E-state index contributed by atoms with van der Waals surface area (Å²) in [5, 5.41) is 2.73. The Morgan fingerprint density at radius 2 is 1.93 bits per heavy atom. The van der Waals surface area contributed by atoms with Gasteiger partial charge < -0.3 is 10.2 Å². The molecule has 2 amide bonds. The van der Waals surface area contributed by atoms with Gasteiger partial charge in [-0.05, 0) is 61.7 Å². The molecule has 3 rings (SSSR count). The molecule has 1 aliphatic rings. The normalized spacial score (nSPS) is 15.8. The highest BCUT2D eigenvalue weighted by molar-refractivity contribution is 7.91. The summed E-state index contributed by atoms with van der Waals surface area (Å²) in [6.45, 7) is 5.69. The van der Waals surface area contributed by atoms with Crippen LogP contribution in [0.5, 0.6) is 0 Å². The molecule has 1 N–H and O–H groups in total. The first-order valence-corrected chi connectivity index (χ1v) is 11.4. The molecule has 1 aliphatic heterocycles. The molecular formula is C22H26N2O4S. The molecule has 0 aliphatic carbocycles. The second-order valence-electron chi connectivity index (χ2n) is 7.45. The van der Waals surface area contributed by atoms with E-state index >= 15 is 0 Å². The average Bonchev–Trinajstić information content (AvgIpc) is 3.01. The number of nitrogens with zero attached hydrogens (tertiary/aromatic N) is 1. The number of hydrogen-bond donors (Lipinski definition) is 1. The lowest BCUT2D eigenvalue weighted by atomic mass is 10.1. The van der Waals surface area contributed by atoms with Crippen molar-refractivity contribution in [1.29, 1.82) is 0 Å². The van der Waals surface area contributed by atoms with Gasteiger partial charge in [0.15, 0.2) is 9.84 Å². The molecule has 0 radical (unpaired) electrons. The van der Waals surface area contributed by atoms with E-state index in [1.807, 2.05) is 39.0 Å². The van der Waals surface area contributed by atoms with Crippen molar-refractivity contribution in [2.45, 2.75) is 51.0 Å². The van der Waals surface area contributed by atoms with Crippen molar-refractivity contribution >= 4 is 33.0 Å². The van der Waals surface area contributed by atoms with E-state index in [4.69, 9.17) is 0 Å². The van der Waals surface area contributed by atoms with Crippen molar-refractivity contribution in [2.24, 2.45) is 0 Å². The van der Waals surface area contributed by atoms with Crippen LogP contribution in [0, 0.1) is 6.92 Å². The van der Waals surface area contributed by atoms with E-state index in [-0.39, 0.29) is 34.9 Å². The molecule has 154 valence electrons. The van der Waals surface area contributed by atoms with E-state index in [1.54, 1.807) is 23.1 Å². The van der Waals surface area contributed by atoms with Crippen LogP contribution in [0.1, 0.15) is 37.8 Å². The van der Waals surface area contributed by atoms with Gasteiger partial charge in [0.2, 0.25) is 11.8 Å². The number of carbonyl (C=O) groups excluding carboxylic acids is 2. The zero-order valence-electron chi connectivity index (χ0n) is 16.9. The number of hydrogen-bond acceptors (Lipinski definition) is 4. The summed E-state index contributed by atoms with van der Waals surface area (Å²) in [6.07, 6.45) is 0.905. The lowest BCUT2D eigenvalue weighted by molar-refractivity contribution is -0.118. The summed E-state index contributed by atoms with van der Waals surface area (Å²) in [5.74, 6) is -0.579. The monoisotopic (exact) mass is 414 g/mol. The van der Waals surface area contributed by atoms with Crippen LogP contribution in [0.25, 0.3) is 0 Å². The van der Waals surface area contributed by atoms with Gasteiger partial charge in [-0.3, -0.25) is 9.59 Å². The fraction of sp³-hybridized carbons (Fsp3) is 0.364. The van der Waals surface area contributed by atoms with Gasteiger partial charge in [-0.25, -0.2) is 8.42 Å². The first-order valence-electron chi connectivity index (χ1n) is 9.75. The molecule has 0 spiro atoms. The predicted octanol–water partition coefficient (Wildman–Crippen LogP) is 3.49. The molecule has 0 saturated heterocycles. The Balaban J connectivity index is 1.70. The molecule has 0 aromatic heterocycles. The largest absolute Gasteiger partial charge is 0.326 e. The minimum Gasteiger partial charge on any atom is -0.326 e. The van der Waals surface area contributed by atoms with Crippen LogP contribution in [0.4, 0.5) is 11.4 Å². The minimum absolute atomic E-state index is 0.00973. The van der Waals surface area contributed by atoms with Crippen LogP contribution in [0.3, 0.4) is 0 Å². The molecule has 0 saturated carbocycles. The fourth-order valence-corrected chi connectivity index (χ4v) is 4.93. The highest BCUT2D eigenvalue weighted by atomic mass is 32.2. The van der Waals surface area contributed by atoms with Crippen molar-refractivity contribution in [3.8, 4) is 0 Å². The molecule has 0 fully saturated rings. The molecule has 2 aromatic rings. The third-order valence-electron chi connectivity index (χ3n) is 5.10. The second-order valence-corrected chi connectivity index (χ2v) is 9.56. The Bertz CT molecular complexity index is 1050. The molecule has 2 aromatic carbocycles. The minimum atomic E-state index is -3.60. The number of fused-ring (bicyclic) bond motifs is 1. The van der Waals surface area contributed by atoms with Gasteiger partial charge in [0.05, 0.1) is 10.6 Å². The van der Waals surface area contributed by atoms with E-state index in [1.165, 1.54) is 6.07 Å². The molecule has 7 heteroatoms. The van der Waals surface area contributed by atoms with E-state index in [0.29, 0.717) is 18.5 Å². The summed E-state index contributed by atoms with van der Waals surface area (Å²) in [7, 11) is -3.60. The Morgan fingerprint density at radius 1 is 1.17 bits per heavy atom. The molecule has 29 heavy (non-hydrogen) atoms. The number of sulfone groups is 1. The van der Waals surface area contributed by atoms with Crippen LogP contribution < -0.4 is 10.2 Å². The van der Waals surface area contributed by atoms with Crippen molar-refractivity contribution in [1.82, 2.24) is 0 Å². The summed E-state index contributed by atoms with van der Waals surface area (Å²) < 4.78 is 25.5. The number of nitrogens with one attached hydrogen (secondary N) is 1. The maximum Gasteiger partial charge on any atom is 0.226 e. The lowest BCUT2D eigenvalue weighted by Crippen LogP contribution is -2.35. The fourth-order valence-electron chi connectivity index (χ4n) is 3.64. The smallest absolute Gasteiger partial charge is 0.226 e. The van der Waals surface area contributed by atoms with Crippen molar-refractivity contribution in [3.63, 3.8) is 0 Å². The first kappa shape index (κ1) is 21.0. The van der Waals surface area contributed by atoms with Crippen molar-refractivity contribution in [2.75, 3.05) is 16.0 Å². The maximum absolute atomic E-state index is 12.7. The molecule has 0 bridgehead atoms. The maximum atomic E-state index is 12.7. The Hall–Kier alpha value is -2.67. The summed E-state index contributed by atoms with van der Waals surface area (Å²) in [5.41, 5.74) is 3.29. The van der Waals surface area contributed by atoms with Crippen LogP contribution in [0.2, 0.25) is 0 Å². The summed E-state index contributed by atoms with van der Waals surface area (Å²) in [6, 6.07) is 12.2. The first-order chi connectivity index (χ1) is 13.7. The molecule has 6 nitrogen and oxygen atoms in total. The van der Waals surface area contributed by atoms with Gasteiger partial charge >= 0.3 is 0 Å². The Labute approximate surface area is 171 Å². The number of aryl methyl sites for hydroxylation is 1. The zero-order chi connectivity index (χ0) is 21.2. The number of anilines is 2. The van der Waals surface area contributed by atoms with E-state index in [9.17, 15) is 18.0 Å². The lowest BCUT2D eigenvalue weighted by Gasteiger charge is -2.22. The van der Waals surface area contributed by atoms with Crippen molar-refractivity contribution in [3.05, 3.63) is 53.6 Å². The molecular weight excluding hydrogens is 388 g/mol. The SMILES string of the molecule is CCC(=O)N1c2ccc(S(=O)(=O)CCC(=O)Nc3cccc(C)c3)cc2C[C@@H]1C. The third kappa shape index (κ3) is 4.67. The van der Waals surface area contributed by atoms with Gasteiger partial charge in [-0.15, -0.1) is 0 Å². The van der Waals surface area contributed by atoms with E-state index in [2.05, 4.69) is 5.32 Å². The number of amides is 2. The quantitative estimate of drug-likeness (QED) is 0.784. The standard InChI is InChI=1S/C22H26N2O4S/c1-4-22(26)24-16(3)13-17-14-19(8-9-20(17)24)29(27,28)11-10-21(25)23-18-7-5-6-15(2)12-18/h5-9,12,14,16H,4,10-11,13H2,1-3H3,(H,23,25)/t16-/m0/s1. The van der Waals surface area contributed by atoms with Gasteiger partial charge in [0, 0.05) is 30.3 Å².